The molecule has 1 heterocycles. The largest absolute Gasteiger partial charge is 0.460 e. The molecule has 1 rings (SSSR count). The summed E-state index contributed by atoms with van der Waals surface area (Å²) in [6.07, 6.45) is 4.08. The van der Waals surface area contributed by atoms with Gasteiger partial charge >= 0.3 is 5.97 Å². The third kappa shape index (κ3) is 36.3. The van der Waals surface area contributed by atoms with Gasteiger partial charge in [0.1, 0.15) is 17.2 Å². The number of hydrogen-bond donors (Lipinski definition) is 1. The Morgan fingerprint density at radius 2 is 0.852 bits per heavy atom. The molecule has 1 fully saturated rings. The molecule has 0 saturated carbocycles. The fraction of sp³-hybridized carbons (Fsp3) is 0.826. The van der Waals surface area contributed by atoms with Crippen LogP contribution in [0.4, 0.5) is 0 Å². The van der Waals surface area contributed by atoms with E-state index in [1.807, 2.05) is 111 Å². The number of amides is 1. The van der Waals surface area contributed by atoms with Crippen molar-refractivity contribution in [2.75, 3.05) is 34.2 Å². The Morgan fingerprint density at radius 1 is 0.537 bits per heavy atom. The van der Waals surface area contributed by atoms with Crippen molar-refractivity contribution < 1.29 is 23.9 Å². The number of carbonyl (C=O) groups excluding carboxylic acids is 4. The van der Waals surface area contributed by atoms with E-state index in [1.165, 1.54) is 38.0 Å². The summed E-state index contributed by atoms with van der Waals surface area (Å²) < 4.78 is 5.16. The maximum atomic E-state index is 11.3. The first-order valence-corrected chi connectivity index (χ1v) is 19.7. The van der Waals surface area contributed by atoms with E-state index in [9.17, 15) is 19.2 Å². The molecule has 0 aliphatic carbocycles. The van der Waals surface area contributed by atoms with E-state index in [0.717, 1.165) is 5.70 Å². The van der Waals surface area contributed by atoms with E-state index >= 15 is 0 Å². The van der Waals surface area contributed by atoms with Crippen molar-refractivity contribution in [3.8, 4) is 0 Å². The summed E-state index contributed by atoms with van der Waals surface area (Å²) in [6, 6.07) is 0. The molecule has 322 valence electrons. The van der Waals surface area contributed by atoms with E-state index < -0.39 is 5.41 Å². The molecule has 1 amide bonds. The van der Waals surface area contributed by atoms with Crippen LogP contribution < -0.4 is 5.32 Å². The van der Waals surface area contributed by atoms with Crippen LogP contribution in [0.15, 0.2) is 24.6 Å². The number of carbonyl (C=O) groups is 4. The first-order valence-electron chi connectivity index (χ1n) is 19.7. The lowest BCUT2D eigenvalue weighted by Crippen LogP contribution is -2.33. The van der Waals surface area contributed by atoms with Crippen LogP contribution in [0.5, 0.6) is 0 Å². The van der Waals surface area contributed by atoms with Gasteiger partial charge in [0.15, 0.2) is 0 Å². The second-order valence-electron chi connectivity index (χ2n) is 21.5. The van der Waals surface area contributed by atoms with Gasteiger partial charge in [-0.2, -0.15) is 0 Å². The second kappa shape index (κ2) is 24.8. The topological polar surface area (TPSA) is 96.0 Å². The van der Waals surface area contributed by atoms with Crippen LogP contribution in [-0.2, 0) is 23.9 Å². The van der Waals surface area contributed by atoms with Crippen molar-refractivity contribution in [1.29, 1.82) is 0 Å². The Balaban J connectivity index is -0.000000180. The maximum Gasteiger partial charge on any atom is 0.311 e. The molecule has 0 aromatic heterocycles. The highest BCUT2D eigenvalue weighted by Crippen LogP contribution is 2.28. The molecule has 0 unspecified atom stereocenters. The van der Waals surface area contributed by atoms with Crippen molar-refractivity contribution in [1.82, 2.24) is 15.1 Å². The van der Waals surface area contributed by atoms with Crippen LogP contribution in [0.3, 0.4) is 0 Å². The molecule has 0 spiro atoms. The maximum absolute atomic E-state index is 11.3. The number of rotatable bonds is 2. The van der Waals surface area contributed by atoms with Gasteiger partial charge < -0.3 is 19.9 Å². The minimum Gasteiger partial charge on any atom is -0.460 e. The summed E-state index contributed by atoms with van der Waals surface area (Å²) in [5.41, 5.74) is 1.56. The zero-order chi connectivity index (χ0) is 45.1. The van der Waals surface area contributed by atoms with Crippen molar-refractivity contribution in [2.45, 2.75) is 184 Å². The molecule has 0 aromatic rings. The molecule has 0 atom stereocenters. The van der Waals surface area contributed by atoms with Crippen LogP contribution in [0.25, 0.3) is 0 Å². The fourth-order valence-corrected chi connectivity index (χ4v) is 3.12. The predicted molar refractivity (Wildman–Crippen MR) is 235 cm³/mol. The average molecular weight is 768 g/mol. The normalized spacial score (nSPS) is 13.4. The van der Waals surface area contributed by atoms with Gasteiger partial charge in [0.2, 0.25) is 5.91 Å². The molecule has 8 heteroatoms. The van der Waals surface area contributed by atoms with Gasteiger partial charge in [-0.15, -0.1) is 0 Å². The molecule has 8 nitrogen and oxygen atoms in total. The van der Waals surface area contributed by atoms with Gasteiger partial charge in [-0.3, -0.25) is 19.2 Å². The number of ether oxygens (including phenoxy) is 1. The Morgan fingerprint density at radius 3 is 0.963 bits per heavy atom. The Bertz CT molecular complexity index is 1100. The monoisotopic (exact) mass is 768 g/mol. The predicted octanol–water partition coefficient (Wildman–Crippen LogP) is 11.5. The molecule has 1 saturated heterocycles. The standard InChI is InChI=1S/C11H21N.C9H18O2.C7H15NO.C7H15N.2C6H12O/c1-10(11(2,3)4)12-8-6-5-7-9-12;1-8(2,3)7(10)11-9(4,5)6;1-7(2,3)6(9)8(4)5;1-6(8-5)7(2,3)4;2*1-5(7)6(2,3)4/h1,5-9H2,2-4H3;1-6H3;1-5H3;8H,1H2,2-5H3;2*1-4H3. The quantitative estimate of drug-likeness (QED) is 0.279. The molecular weight excluding hydrogens is 675 g/mol. The van der Waals surface area contributed by atoms with Gasteiger partial charge in [-0.05, 0) is 74.7 Å². The van der Waals surface area contributed by atoms with Gasteiger partial charge in [0, 0.05) is 72.7 Å². The van der Waals surface area contributed by atoms with E-state index in [-0.39, 0.29) is 56.1 Å². The van der Waals surface area contributed by atoms with Crippen molar-refractivity contribution in [3.63, 3.8) is 0 Å². The van der Waals surface area contributed by atoms with Crippen molar-refractivity contribution in [2.24, 2.45) is 32.5 Å². The molecule has 54 heavy (non-hydrogen) atoms. The molecule has 1 aliphatic rings. The number of piperidine rings is 1. The number of nitrogens with one attached hydrogen (secondary N) is 1. The molecule has 0 bridgehead atoms. The molecule has 0 aromatic carbocycles. The number of ketones is 2. The summed E-state index contributed by atoms with van der Waals surface area (Å²) in [7, 11) is 5.44. The Kier molecular flexibility index (Phi) is 27.8. The number of allylic oxidation sites excluding steroid dienone is 2. The van der Waals surface area contributed by atoms with E-state index in [2.05, 4.69) is 64.9 Å². The van der Waals surface area contributed by atoms with Gasteiger partial charge in [-0.25, -0.2) is 0 Å². The van der Waals surface area contributed by atoms with E-state index in [0.29, 0.717) is 0 Å². The van der Waals surface area contributed by atoms with Crippen LogP contribution in [0.2, 0.25) is 0 Å². The number of nitrogens with zero attached hydrogens (tertiary/aromatic N) is 2. The van der Waals surface area contributed by atoms with Gasteiger partial charge in [0.25, 0.3) is 0 Å². The highest BCUT2D eigenvalue weighted by Gasteiger charge is 2.27. The van der Waals surface area contributed by atoms with Crippen LogP contribution >= 0.6 is 0 Å². The summed E-state index contributed by atoms with van der Waals surface area (Å²) in [5.74, 6) is 0.507. The number of hydrogen-bond acceptors (Lipinski definition) is 7. The summed E-state index contributed by atoms with van der Waals surface area (Å²) >= 11 is 0. The lowest BCUT2D eigenvalue weighted by molar-refractivity contribution is -0.164. The molecule has 1 aliphatic heterocycles. The minimum atomic E-state index is -0.396. The Hall–Kier alpha value is -2.64. The summed E-state index contributed by atoms with van der Waals surface area (Å²) in [5, 5.41) is 3.01. The number of esters is 1. The Labute approximate surface area is 337 Å². The van der Waals surface area contributed by atoms with Crippen LogP contribution in [0, 0.1) is 32.5 Å². The first-order chi connectivity index (χ1) is 23.4. The summed E-state index contributed by atoms with van der Waals surface area (Å²) in [4.78, 5) is 47.3. The summed E-state index contributed by atoms with van der Waals surface area (Å²) in [6.45, 7) is 55.1. The fourth-order valence-electron chi connectivity index (χ4n) is 3.12. The smallest absolute Gasteiger partial charge is 0.311 e. The third-order valence-corrected chi connectivity index (χ3v) is 7.98. The minimum absolute atomic E-state index is 0.139. The zero-order valence-electron chi connectivity index (χ0n) is 40.9. The lowest BCUT2D eigenvalue weighted by atomic mass is 9.91. The highest BCUT2D eigenvalue weighted by molar-refractivity contribution is 5.81. The number of Topliss-reactive ketones (excluding diaryl/α,β-unsaturated/α-hetero) is 2. The van der Waals surface area contributed by atoms with E-state index in [4.69, 9.17) is 4.74 Å². The van der Waals surface area contributed by atoms with Gasteiger partial charge in [-0.1, -0.05) is 117 Å². The lowest BCUT2D eigenvalue weighted by Gasteiger charge is -2.37. The SMILES string of the molecule is C=C(N1CCCCC1)C(C)(C)C.C=C(NC)C(C)(C)C.CC(=O)C(C)(C)C.CC(=O)C(C)(C)C.CC(C)(C)OC(=O)C(C)(C)C.CN(C)C(=O)C(C)(C)C. The zero-order valence-corrected chi connectivity index (χ0v) is 40.9. The first kappa shape index (κ1) is 60.6. The van der Waals surface area contributed by atoms with Crippen molar-refractivity contribution in [3.05, 3.63) is 24.6 Å². The second-order valence-corrected chi connectivity index (χ2v) is 21.5. The molecular formula is C46H93N3O5. The third-order valence-electron chi connectivity index (χ3n) is 7.98. The average Bonchev–Trinajstić information content (AvgIpc) is 2.94. The van der Waals surface area contributed by atoms with Gasteiger partial charge in [0.05, 0.1) is 5.41 Å². The number of likely N-dealkylation sites (tertiary alicyclic amines) is 1. The molecule has 1 N–H and O–H groups in total. The van der Waals surface area contributed by atoms with Crippen molar-refractivity contribution >= 4 is 23.4 Å². The highest BCUT2D eigenvalue weighted by atomic mass is 16.6. The van der Waals surface area contributed by atoms with Crippen LogP contribution in [-0.4, -0.2) is 73.1 Å². The van der Waals surface area contributed by atoms with Crippen LogP contribution in [0.1, 0.15) is 179 Å². The molecule has 0 radical (unpaired) electrons. The van der Waals surface area contributed by atoms with E-state index in [1.54, 1.807) is 32.8 Å².